The van der Waals surface area contributed by atoms with Gasteiger partial charge in [-0.15, -0.1) is 12.4 Å². The fourth-order valence-corrected chi connectivity index (χ4v) is 4.65. The molecule has 0 radical (unpaired) electrons. The zero-order valence-corrected chi connectivity index (χ0v) is 16.5. The van der Waals surface area contributed by atoms with Crippen LogP contribution in [0.2, 0.25) is 0 Å². The first-order valence-electron chi connectivity index (χ1n) is 8.38. The monoisotopic (exact) mass is 402 g/mol. The third-order valence-electron chi connectivity index (χ3n) is 4.58. The maximum absolute atomic E-state index is 14.5. The minimum Gasteiger partial charge on any atom is -0.319 e. The number of benzene rings is 1. The molecule has 2 heterocycles. The van der Waals surface area contributed by atoms with E-state index < -0.39 is 15.8 Å². The van der Waals surface area contributed by atoms with E-state index in [1.165, 1.54) is 21.1 Å². The Morgan fingerprint density at radius 3 is 2.54 bits per heavy atom. The fraction of sp³-hybridized carbons (Fsp3) is 0.471. The van der Waals surface area contributed by atoms with Crippen molar-refractivity contribution in [1.29, 1.82) is 0 Å². The van der Waals surface area contributed by atoms with E-state index in [-0.39, 0.29) is 23.0 Å². The lowest BCUT2D eigenvalue weighted by Gasteiger charge is -2.31. The van der Waals surface area contributed by atoms with Crippen LogP contribution < -0.4 is 5.32 Å². The van der Waals surface area contributed by atoms with Gasteiger partial charge in [-0.05, 0) is 63.0 Å². The van der Waals surface area contributed by atoms with E-state index in [1.807, 2.05) is 14.0 Å². The van der Waals surface area contributed by atoms with Crippen molar-refractivity contribution < 1.29 is 12.8 Å². The summed E-state index contributed by atoms with van der Waals surface area (Å²) in [5, 5.41) is 7.19. The van der Waals surface area contributed by atoms with E-state index in [0.717, 1.165) is 31.0 Å². The van der Waals surface area contributed by atoms with Crippen molar-refractivity contribution in [2.75, 3.05) is 26.7 Å². The summed E-state index contributed by atoms with van der Waals surface area (Å²) in [5.74, 6) is -0.118. The largest absolute Gasteiger partial charge is 0.319 e. The maximum atomic E-state index is 14.5. The average molecular weight is 403 g/mol. The number of nitrogens with one attached hydrogen (secondary N) is 1. The van der Waals surface area contributed by atoms with Crippen LogP contribution >= 0.6 is 12.4 Å². The number of sulfonamides is 1. The standard InChI is InChI=1S/C17H23FN4O2S.ClH/c1-13-10-20-22(12-13)17-4-3-15(9-16(17)18)25(23,24)21-7-5-14(6-8-21)11-19-2;/h3-4,9-10,12,14,19H,5-8,11H2,1-2H3;1H. The minimum absolute atomic E-state index is 0. The van der Waals surface area contributed by atoms with Gasteiger partial charge in [-0.1, -0.05) is 0 Å². The van der Waals surface area contributed by atoms with Crippen molar-refractivity contribution in [2.24, 2.45) is 5.92 Å². The molecule has 1 saturated heterocycles. The van der Waals surface area contributed by atoms with Crippen LogP contribution in [-0.2, 0) is 10.0 Å². The van der Waals surface area contributed by atoms with Gasteiger partial charge in [-0.25, -0.2) is 17.5 Å². The van der Waals surface area contributed by atoms with Gasteiger partial charge in [0.2, 0.25) is 10.0 Å². The molecule has 1 N–H and O–H groups in total. The van der Waals surface area contributed by atoms with Gasteiger partial charge < -0.3 is 5.32 Å². The summed E-state index contributed by atoms with van der Waals surface area (Å²) in [6, 6.07) is 3.99. The Balaban J connectivity index is 0.00000243. The highest BCUT2D eigenvalue weighted by Crippen LogP contribution is 2.25. The van der Waals surface area contributed by atoms with E-state index in [9.17, 15) is 12.8 Å². The molecule has 1 aliphatic heterocycles. The molecule has 3 rings (SSSR count). The zero-order valence-electron chi connectivity index (χ0n) is 14.9. The predicted molar refractivity (Wildman–Crippen MR) is 101 cm³/mol. The van der Waals surface area contributed by atoms with Crippen molar-refractivity contribution in [3.05, 3.63) is 42.0 Å². The summed E-state index contributed by atoms with van der Waals surface area (Å²) in [4.78, 5) is -0.00954. The number of aryl methyl sites for hydroxylation is 1. The molecule has 0 atom stereocenters. The Labute approximate surface area is 159 Å². The number of nitrogens with zero attached hydrogens (tertiary/aromatic N) is 3. The number of rotatable bonds is 5. The highest BCUT2D eigenvalue weighted by molar-refractivity contribution is 7.89. The summed E-state index contributed by atoms with van der Waals surface area (Å²) < 4.78 is 42.9. The van der Waals surface area contributed by atoms with Crippen LogP contribution in [0.1, 0.15) is 18.4 Å². The third kappa shape index (κ3) is 4.25. The third-order valence-corrected chi connectivity index (χ3v) is 6.48. The zero-order chi connectivity index (χ0) is 18.0. The van der Waals surface area contributed by atoms with Crippen LogP contribution in [0.25, 0.3) is 5.69 Å². The predicted octanol–water partition coefficient (Wildman–Crippen LogP) is 2.36. The van der Waals surface area contributed by atoms with Gasteiger partial charge in [0.15, 0.2) is 0 Å². The van der Waals surface area contributed by atoms with Gasteiger partial charge in [0.25, 0.3) is 0 Å². The lowest BCUT2D eigenvalue weighted by molar-refractivity contribution is 0.270. The number of halogens is 2. The molecule has 0 unspecified atom stereocenters. The van der Waals surface area contributed by atoms with Gasteiger partial charge in [-0.3, -0.25) is 0 Å². The molecular formula is C17H24ClFN4O2S. The number of hydrogen-bond donors (Lipinski definition) is 1. The summed E-state index contributed by atoms with van der Waals surface area (Å²) in [5.41, 5.74) is 1.14. The Morgan fingerprint density at radius 2 is 2.00 bits per heavy atom. The molecule has 9 heteroatoms. The van der Waals surface area contributed by atoms with Crippen molar-refractivity contribution in [2.45, 2.75) is 24.7 Å². The van der Waals surface area contributed by atoms with Crippen LogP contribution in [0.15, 0.2) is 35.5 Å². The lowest BCUT2D eigenvalue weighted by atomic mass is 9.98. The van der Waals surface area contributed by atoms with Crippen LogP contribution in [-0.4, -0.2) is 49.2 Å². The van der Waals surface area contributed by atoms with Crippen molar-refractivity contribution in [3.8, 4) is 5.69 Å². The maximum Gasteiger partial charge on any atom is 0.243 e. The summed E-state index contributed by atoms with van der Waals surface area (Å²) in [6.07, 6.45) is 4.94. The molecular weight excluding hydrogens is 379 g/mol. The molecule has 0 aliphatic carbocycles. The molecule has 1 fully saturated rings. The average Bonchev–Trinajstić information content (AvgIpc) is 3.02. The van der Waals surface area contributed by atoms with Crippen LogP contribution in [0.4, 0.5) is 4.39 Å². The normalized spacial score (nSPS) is 16.4. The SMILES string of the molecule is CNCC1CCN(S(=O)(=O)c2ccc(-n3cc(C)cn3)c(F)c2)CC1.Cl. The second-order valence-electron chi connectivity index (χ2n) is 6.48. The number of hydrogen-bond acceptors (Lipinski definition) is 4. The Kier molecular flexibility index (Phi) is 6.79. The van der Waals surface area contributed by atoms with E-state index in [2.05, 4.69) is 10.4 Å². The molecule has 26 heavy (non-hydrogen) atoms. The quantitative estimate of drug-likeness (QED) is 0.833. The van der Waals surface area contributed by atoms with Crippen molar-refractivity contribution >= 4 is 22.4 Å². The topological polar surface area (TPSA) is 67.2 Å². The van der Waals surface area contributed by atoms with E-state index in [4.69, 9.17) is 0 Å². The molecule has 1 aromatic carbocycles. The first kappa shape index (κ1) is 20.8. The smallest absolute Gasteiger partial charge is 0.243 e. The lowest BCUT2D eigenvalue weighted by Crippen LogP contribution is -2.40. The van der Waals surface area contributed by atoms with E-state index in [0.29, 0.717) is 19.0 Å². The van der Waals surface area contributed by atoms with Gasteiger partial charge in [0.05, 0.1) is 11.1 Å². The summed E-state index contributed by atoms with van der Waals surface area (Å²) >= 11 is 0. The molecule has 1 aromatic heterocycles. The first-order chi connectivity index (χ1) is 11.9. The summed E-state index contributed by atoms with van der Waals surface area (Å²) in [7, 11) is -1.78. The molecule has 1 aliphatic rings. The fourth-order valence-electron chi connectivity index (χ4n) is 3.17. The molecule has 0 amide bonds. The molecule has 144 valence electrons. The molecule has 0 saturated carbocycles. The van der Waals surface area contributed by atoms with Crippen LogP contribution in [0.5, 0.6) is 0 Å². The van der Waals surface area contributed by atoms with Gasteiger partial charge >= 0.3 is 0 Å². The van der Waals surface area contributed by atoms with Gasteiger partial charge in [0.1, 0.15) is 11.5 Å². The first-order valence-corrected chi connectivity index (χ1v) is 9.82. The molecule has 6 nitrogen and oxygen atoms in total. The highest BCUT2D eigenvalue weighted by atomic mass is 35.5. The number of aromatic nitrogens is 2. The second kappa shape index (κ2) is 8.47. The molecule has 2 aromatic rings. The minimum atomic E-state index is -3.67. The Bertz CT molecular complexity index is 848. The number of piperidine rings is 1. The van der Waals surface area contributed by atoms with Crippen molar-refractivity contribution in [3.63, 3.8) is 0 Å². The van der Waals surface area contributed by atoms with Crippen LogP contribution in [0, 0.1) is 18.7 Å². The van der Waals surface area contributed by atoms with Gasteiger partial charge in [0, 0.05) is 19.3 Å². The molecule has 0 bridgehead atoms. The van der Waals surface area contributed by atoms with Crippen molar-refractivity contribution in [1.82, 2.24) is 19.4 Å². The second-order valence-corrected chi connectivity index (χ2v) is 8.42. The molecule has 0 spiro atoms. The highest BCUT2D eigenvalue weighted by Gasteiger charge is 2.29. The van der Waals surface area contributed by atoms with E-state index >= 15 is 0 Å². The van der Waals surface area contributed by atoms with Crippen LogP contribution in [0.3, 0.4) is 0 Å². The Morgan fingerprint density at radius 1 is 1.31 bits per heavy atom. The van der Waals surface area contributed by atoms with E-state index in [1.54, 1.807) is 12.4 Å². The Hall–Kier alpha value is -1.48. The van der Waals surface area contributed by atoms with Gasteiger partial charge in [-0.2, -0.15) is 9.40 Å². The summed E-state index contributed by atoms with van der Waals surface area (Å²) in [6.45, 7) is 3.69.